The quantitative estimate of drug-likeness (QED) is 0.614. The first-order chi connectivity index (χ1) is 13.3. The van der Waals surface area contributed by atoms with Crippen molar-refractivity contribution in [1.82, 2.24) is 0 Å². The summed E-state index contributed by atoms with van der Waals surface area (Å²) >= 11 is 0. The molecule has 0 fully saturated rings. The summed E-state index contributed by atoms with van der Waals surface area (Å²) in [7, 11) is 1.23. The first kappa shape index (κ1) is 19.8. The molecule has 0 bridgehead atoms. The van der Waals surface area contributed by atoms with Gasteiger partial charge in [-0.25, -0.2) is 0 Å². The van der Waals surface area contributed by atoms with Gasteiger partial charge in [-0.05, 0) is 17.5 Å². The average Bonchev–Trinajstić information content (AvgIpc) is 2.90. The Morgan fingerprint density at radius 3 is 2.36 bits per heavy atom. The van der Waals surface area contributed by atoms with Gasteiger partial charge in [0.2, 0.25) is 0 Å². The number of ketones is 1. The second kappa shape index (κ2) is 7.56. The van der Waals surface area contributed by atoms with E-state index in [1.807, 2.05) is 12.1 Å². The van der Waals surface area contributed by atoms with Crippen molar-refractivity contribution in [2.45, 2.75) is 31.8 Å². The van der Waals surface area contributed by atoms with Crippen LogP contribution in [0.2, 0.25) is 0 Å². The molecule has 6 nitrogen and oxygen atoms in total. The predicted molar refractivity (Wildman–Crippen MR) is 104 cm³/mol. The average molecular weight is 381 g/mol. The highest BCUT2D eigenvalue weighted by molar-refractivity contribution is 6.12. The van der Waals surface area contributed by atoms with E-state index in [2.05, 4.69) is 18.6 Å². The Morgan fingerprint density at radius 2 is 1.75 bits per heavy atom. The number of para-hydroxylation sites is 1. The Labute approximate surface area is 163 Å². The molecule has 6 heteroatoms. The molecule has 2 aromatic carbocycles. The lowest BCUT2D eigenvalue weighted by Gasteiger charge is -2.22. The number of fused-ring (bicyclic) bond motifs is 1. The number of Topliss-reactive ketones (excluding diaryl/α,β-unsaturated/α-hetero) is 1. The molecule has 28 heavy (non-hydrogen) atoms. The number of benzene rings is 2. The number of amides is 1. The Hall–Kier alpha value is -2.99. The largest absolute Gasteiger partial charge is 0.468 e. The number of ether oxygens (including phenoxy) is 1. The van der Waals surface area contributed by atoms with Gasteiger partial charge < -0.3 is 9.84 Å². The van der Waals surface area contributed by atoms with Crippen molar-refractivity contribution in [3.63, 3.8) is 0 Å². The second-order valence-corrected chi connectivity index (χ2v) is 7.22. The van der Waals surface area contributed by atoms with Crippen LogP contribution in [-0.4, -0.2) is 36.4 Å². The van der Waals surface area contributed by atoms with E-state index in [1.165, 1.54) is 7.11 Å². The van der Waals surface area contributed by atoms with Crippen molar-refractivity contribution < 1.29 is 24.2 Å². The van der Waals surface area contributed by atoms with Crippen molar-refractivity contribution in [2.24, 2.45) is 0 Å². The molecule has 1 amide bonds. The number of nitrogens with zero attached hydrogens (tertiary/aromatic N) is 1. The zero-order chi connectivity index (χ0) is 20.5. The normalized spacial score (nSPS) is 18.3. The molecule has 1 atom stereocenters. The number of rotatable bonds is 6. The summed E-state index contributed by atoms with van der Waals surface area (Å²) in [5.74, 6) is -1.32. The zero-order valence-corrected chi connectivity index (χ0v) is 16.1. The highest BCUT2D eigenvalue weighted by Crippen LogP contribution is 2.42. The van der Waals surface area contributed by atoms with Gasteiger partial charge in [0.25, 0.3) is 5.91 Å². The Balaban J connectivity index is 1.91. The summed E-state index contributed by atoms with van der Waals surface area (Å²) in [6.07, 6.45) is -0.401. The molecular formula is C22H23NO5. The van der Waals surface area contributed by atoms with E-state index >= 15 is 0 Å². The summed E-state index contributed by atoms with van der Waals surface area (Å²) in [6, 6.07) is 13.8. The Bertz CT molecular complexity index is 919. The number of aliphatic hydroxyl groups is 1. The molecule has 1 aliphatic heterocycles. The number of hydrogen-bond donors (Lipinski definition) is 1. The summed E-state index contributed by atoms with van der Waals surface area (Å²) in [6.45, 7) is 3.79. The summed E-state index contributed by atoms with van der Waals surface area (Å²) < 4.78 is 4.64. The molecule has 3 rings (SSSR count). The molecule has 146 valence electrons. The van der Waals surface area contributed by atoms with E-state index in [0.717, 1.165) is 10.5 Å². The molecule has 2 aromatic rings. The minimum absolute atomic E-state index is 0.316. The summed E-state index contributed by atoms with van der Waals surface area (Å²) in [5.41, 5.74) is 0.231. The Morgan fingerprint density at radius 1 is 1.11 bits per heavy atom. The van der Waals surface area contributed by atoms with E-state index in [1.54, 1.807) is 36.4 Å². The number of hydrogen-bond acceptors (Lipinski definition) is 5. The molecule has 1 heterocycles. The fraction of sp³-hybridized carbons (Fsp3) is 0.318. The lowest BCUT2D eigenvalue weighted by Crippen LogP contribution is -2.43. The third-order valence-electron chi connectivity index (χ3n) is 5.07. The first-order valence-electron chi connectivity index (χ1n) is 9.11. The van der Waals surface area contributed by atoms with Gasteiger partial charge in [-0.2, -0.15) is 0 Å². The van der Waals surface area contributed by atoms with E-state index in [-0.39, 0.29) is 12.3 Å². The lowest BCUT2D eigenvalue weighted by atomic mass is 9.87. The smallest absolute Gasteiger partial charge is 0.325 e. The number of methoxy groups -OCH3 is 1. The molecule has 0 unspecified atom stereocenters. The van der Waals surface area contributed by atoms with Gasteiger partial charge in [0.1, 0.15) is 6.54 Å². The van der Waals surface area contributed by atoms with Crippen molar-refractivity contribution in [3.8, 4) is 0 Å². The summed E-state index contributed by atoms with van der Waals surface area (Å²) in [5, 5.41) is 11.2. The van der Waals surface area contributed by atoms with Gasteiger partial charge in [0.15, 0.2) is 11.4 Å². The molecule has 0 saturated carbocycles. The predicted octanol–water partition coefficient (Wildman–Crippen LogP) is 2.79. The van der Waals surface area contributed by atoms with Gasteiger partial charge in [0, 0.05) is 11.1 Å². The van der Waals surface area contributed by atoms with Crippen molar-refractivity contribution in [3.05, 3.63) is 65.2 Å². The van der Waals surface area contributed by atoms with Crippen LogP contribution in [0.4, 0.5) is 5.69 Å². The van der Waals surface area contributed by atoms with Crippen LogP contribution in [0.1, 0.15) is 47.7 Å². The third kappa shape index (κ3) is 3.43. The van der Waals surface area contributed by atoms with Gasteiger partial charge in [-0.3, -0.25) is 19.3 Å². The van der Waals surface area contributed by atoms with Crippen LogP contribution in [-0.2, 0) is 19.9 Å². The van der Waals surface area contributed by atoms with E-state index in [0.29, 0.717) is 22.7 Å². The fourth-order valence-corrected chi connectivity index (χ4v) is 3.42. The van der Waals surface area contributed by atoms with Crippen LogP contribution < -0.4 is 4.90 Å². The number of esters is 1. The minimum Gasteiger partial charge on any atom is -0.468 e. The van der Waals surface area contributed by atoms with Crippen LogP contribution in [0.3, 0.4) is 0 Å². The second-order valence-electron chi connectivity index (χ2n) is 7.22. The molecule has 0 spiro atoms. The molecule has 0 saturated heterocycles. The van der Waals surface area contributed by atoms with Crippen molar-refractivity contribution in [2.75, 3.05) is 18.6 Å². The molecule has 1 N–H and O–H groups in total. The van der Waals surface area contributed by atoms with Gasteiger partial charge in [-0.15, -0.1) is 0 Å². The summed E-state index contributed by atoms with van der Waals surface area (Å²) in [4.78, 5) is 38.6. The van der Waals surface area contributed by atoms with Crippen LogP contribution in [0.15, 0.2) is 48.5 Å². The number of carbonyl (C=O) groups is 3. The topological polar surface area (TPSA) is 83.9 Å². The van der Waals surface area contributed by atoms with Crippen molar-refractivity contribution in [1.29, 1.82) is 0 Å². The van der Waals surface area contributed by atoms with Crippen LogP contribution >= 0.6 is 0 Å². The molecular weight excluding hydrogens is 358 g/mol. The fourth-order valence-electron chi connectivity index (χ4n) is 3.42. The maximum atomic E-state index is 13.0. The lowest BCUT2D eigenvalue weighted by molar-refractivity contribution is -0.142. The molecule has 1 aliphatic rings. The molecule has 0 aromatic heterocycles. The van der Waals surface area contributed by atoms with Gasteiger partial charge in [0.05, 0.1) is 19.2 Å². The maximum absolute atomic E-state index is 13.0. The van der Waals surface area contributed by atoms with Gasteiger partial charge in [-0.1, -0.05) is 56.3 Å². The maximum Gasteiger partial charge on any atom is 0.325 e. The van der Waals surface area contributed by atoms with Crippen LogP contribution in [0.25, 0.3) is 0 Å². The number of carbonyl (C=O) groups excluding carboxylic acids is 3. The molecule has 0 radical (unpaired) electrons. The Kier molecular flexibility index (Phi) is 5.34. The van der Waals surface area contributed by atoms with E-state index in [4.69, 9.17) is 0 Å². The van der Waals surface area contributed by atoms with E-state index in [9.17, 15) is 19.5 Å². The monoisotopic (exact) mass is 381 g/mol. The number of anilines is 1. The van der Waals surface area contributed by atoms with Gasteiger partial charge >= 0.3 is 5.97 Å². The zero-order valence-electron chi connectivity index (χ0n) is 16.1. The highest BCUT2D eigenvalue weighted by atomic mass is 16.5. The SMILES string of the molecule is COC(=O)CN1C(=O)[C@@](O)(CC(=O)c2ccc(C(C)C)cc2)c2ccccc21. The van der Waals surface area contributed by atoms with Crippen LogP contribution in [0, 0.1) is 0 Å². The highest BCUT2D eigenvalue weighted by Gasteiger charge is 2.51. The van der Waals surface area contributed by atoms with E-state index < -0.39 is 23.9 Å². The van der Waals surface area contributed by atoms with Crippen LogP contribution in [0.5, 0.6) is 0 Å². The first-order valence-corrected chi connectivity index (χ1v) is 9.11. The molecule has 0 aliphatic carbocycles. The third-order valence-corrected chi connectivity index (χ3v) is 5.07. The van der Waals surface area contributed by atoms with Crippen molar-refractivity contribution >= 4 is 23.3 Å². The standard InChI is InChI=1S/C22H23NO5/c1-14(2)15-8-10-16(11-9-15)19(24)12-22(27)17-6-4-5-7-18(17)23(21(22)26)13-20(25)28-3/h4-11,14,27H,12-13H2,1-3H3/t22-/m1/s1. The minimum atomic E-state index is -2.02.